The second kappa shape index (κ2) is 8.86. The van der Waals surface area contributed by atoms with E-state index in [-0.39, 0.29) is 31.5 Å². The monoisotopic (exact) mass is 424 g/mol. The average Bonchev–Trinajstić information content (AvgIpc) is 3.15. The van der Waals surface area contributed by atoms with E-state index in [0.717, 1.165) is 23.4 Å². The fourth-order valence-electron chi connectivity index (χ4n) is 3.13. The maximum absolute atomic E-state index is 13.0. The van der Waals surface area contributed by atoms with E-state index in [1.54, 1.807) is 25.1 Å². The van der Waals surface area contributed by atoms with E-state index in [4.69, 9.17) is 16.4 Å². The molecule has 3 rings (SSSR count). The van der Waals surface area contributed by atoms with Crippen molar-refractivity contribution in [1.82, 2.24) is 4.90 Å². The summed E-state index contributed by atoms with van der Waals surface area (Å²) in [5, 5.41) is 4.71. The van der Waals surface area contributed by atoms with E-state index in [0.29, 0.717) is 17.0 Å². The molecule has 0 N–H and O–H groups in total. The maximum atomic E-state index is 13.0. The minimum absolute atomic E-state index is 0.0761. The third kappa shape index (κ3) is 5.50. The second-order valence-corrected chi connectivity index (χ2v) is 7.24. The molecule has 1 atom stereocenters. The Balaban J connectivity index is 1.68. The van der Waals surface area contributed by atoms with E-state index in [2.05, 4.69) is 5.16 Å². The van der Waals surface area contributed by atoms with Gasteiger partial charge in [0.25, 0.3) is 0 Å². The van der Waals surface area contributed by atoms with Crippen molar-refractivity contribution in [3.05, 3.63) is 70.2 Å². The predicted octanol–water partition coefficient (Wildman–Crippen LogP) is 5.29. The quantitative estimate of drug-likeness (QED) is 0.632. The van der Waals surface area contributed by atoms with Crippen LogP contribution >= 0.6 is 11.6 Å². The zero-order valence-electron chi connectivity index (χ0n) is 15.7. The molecule has 29 heavy (non-hydrogen) atoms. The van der Waals surface area contributed by atoms with Crippen molar-refractivity contribution in [2.24, 2.45) is 5.16 Å². The van der Waals surface area contributed by atoms with Gasteiger partial charge in [-0.15, -0.1) is 0 Å². The Morgan fingerprint density at radius 3 is 2.62 bits per heavy atom. The molecule has 1 aliphatic rings. The minimum atomic E-state index is -4.43. The molecule has 0 fully saturated rings. The summed E-state index contributed by atoms with van der Waals surface area (Å²) in [6.45, 7) is 2.03. The molecule has 8 heteroatoms. The van der Waals surface area contributed by atoms with Gasteiger partial charge in [0.2, 0.25) is 5.91 Å². The summed E-state index contributed by atoms with van der Waals surface area (Å²) in [7, 11) is 0. The van der Waals surface area contributed by atoms with E-state index in [1.165, 1.54) is 11.0 Å². The molecule has 2 aromatic carbocycles. The molecule has 154 valence electrons. The van der Waals surface area contributed by atoms with Gasteiger partial charge in [0.15, 0.2) is 6.10 Å². The lowest BCUT2D eigenvalue weighted by Crippen LogP contribution is -2.37. The number of halogens is 4. The van der Waals surface area contributed by atoms with Crippen molar-refractivity contribution in [3.63, 3.8) is 0 Å². The van der Waals surface area contributed by atoms with Gasteiger partial charge in [-0.25, -0.2) is 0 Å². The molecule has 0 saturated carbocycles. The molecule has 0 saturated heterocycles. The number of benzene rings is 2. The van der Waals surface area contributed by atoms with Crippen LogP contribution in [0.2, 0.25) is 5.02 Å². The highest BCUT2D eigenvalue weighted by molar-refractivity contribution is 6.30. The molecular formula is C21H20ClF3N2O2. The first kappa shape index (κ1) is 21.2. The molecule has 1 amide bonds. The van der Waals surface area contributed by atoms with Crippen LogP contribution in [-0.4, -0.2) is 29.2 Å². The average molecular weight is 425 g/mol. The second-order valence-electron chi connectivity index (χ2n) is 6.80. The minimum Gasteiger partial charge on any atom is -0.390 e. The molecule has 4 nitrogen and oxygen atoms in total. The van der Waals surface area contributed by atoms with Gasteiger partial charge in [0.05, 0.1) is 17.8 Å². The lowest BCUT2D eigenvalue weighted by molar-refractivity contribution is -0.137. The molecule has 1 heterocycles. The third-order valence-electron chi connectivity index (χ3n) is 4.62. The third-order valence-corrected chi connectivity index (χ3v) is 4.87. The van der Waals surface area contributed by atoms with Gasteiger partial charge in [0, 0.05) is 24.4 Å². The van der Waals surface area contributed by atoms with Crippen molar-refractivity contribution in [2.75, 3.05) is 6.54 Å². The summed E-state index contributed by atoms with van der Waals surface area (Å²) in [6, 6.07) is 12.2. The number of alkyl halides is 3. The lowest BCUT2D eigenvalue weighted by atomic mass is 10.0. The molecule has 0 bridgehead atoms. The zero-order chi connectivity index (χ0) is 21.0. The highest BCUT2D eigenvalue weighted by atomic mass is 35.5. The summed E-state index contributed by atoms with van der Waals surface area (Å²) in [5.41, 5.74) is 1.31. The lowest BCUT2D eigenvalue weighted by Gasteiger charge is -2.25. The molecule has 0 aromatic heterocycles. The van der Waals surface area contributed by atoms with Crippen molar-refractivity contribution >= 4 is 23.2 Å². The van der Waals surface area contributed by atoms with Crippen LogP contribution in [0, 0.1) is 0 Å². The first-order chi connectivity index (χ1) is 13.8. The van der Waals surface area contributed by atoms with Gasteiger partial charge in [-0.3, -0.25) is 4.79 Å². The van der Waals surface area contributed by atoms with Gasteiger partial charge < -0.3 is 9.74 Å². The Kier molecular flexibility index (Phi) is 6.47. The highest BCUT2D eigenvalue weighted by Gasteiger charge is 2.31. The maximum Gasteiger partial charge on any atom is 0.416 e. The first-order valence-electron chi connectivity index (χ1n) is 9.18. The van der Waals surface area contributed by atoms with Crippen molar-refractivity contribution < 1.29 is 22.8 Å². The SMILES string of the molecule is CCC(=O)N(Cc1cccc(C(F)(F)F)c1)CC1CC(c2ccc(Cl)cc2)=NO1. The van der Waals surface area contributed by atoms with Gasteiger partial charge in [-0.1, -0.05) is 47.9 Å². The normalized spacial score (nSPS) is 16.3. The van der Waals surface area contributed by atoms with E-state index in [9.17, 15) is 18.0 Å². The number of hydrogen-bond acceptors (Lipinski definition) is 3. The smallest absolute Gasteiger partial charge is 0.390 e. The Hall–Kier alpha value is -2.54. The van der Waals surface area contributed by atoms with Crippen LogP contribution < -0.4 is 0 Å². The molecule has 2 aromatic rings. The number of carbonyl (C=O) groups is 1. The molecule has 0 radical (unpaired) electrons. The van der Waals surface area contributed by atoms with E-state index in [1.807, 2.05) is 12.1 Å². The summed E-state index contributed by atoms with van der Waals surface area (Å²) in [4.78, 5) is 19.4. The fraction of sp³-hybridized carbons (Fsp3) is 0.333. The largest absolute Gasteiger partial charge is 0.416 e. The number of carbonyl (C=O) groups excluding carboxylic acids is 1. The van der Waals surface area contributed by atoms with Crippen molar-refractivity contribution in [2.45, 2.75) is 38.6 Å². The van der Waals surface area contributed by atoms with Crippen LogP contribution in [0.3, 0.4) is 0 Å². The van der Waals surface area contributed by atoms with Crippen LogP contribution in [0.25, 0.3) is 0 Å². The van der Waals surface area contributed by atoms with Crippen LogP contribution in [0.5, 0.6) is 0 Å². The molecule has 1 aliphatic heterocycles. The highest BCUT2D eigenvalue weighted by Crippen LogP contribution is 2.30. The molecule has 0 aliphatic carbocycles. The standard InChI is InChI=1S/C21H20ClF3N2O2/c1-2-20(28)27(12-14-4-3-5-16(10-14)21(23,24)25)13-18-11-19(26-29-18)15-6-8-17(22)9-7-15/h3-10,18H,2,11-13H2,1H3. The Morgan fingerprint density at radius 1 is 1.24 bits per heavy atom. The summed E-state index contributed by atoms with van der Waals surface area (Å²) in [5.74, 6) is -0.161. The number of oxime groups is 1. The van der Waals surface area contributed by atoms with Crippen LogP contribution in [0.15, 0.2) is 53.7 Å². The fourth-order valence-corrected chi connectivity index (χ4v) is 3.26. The topological polar surface area (TPSA) is 41.9 Å². The van der Waals surface area contributed by atoms with Crippen molar-refractivity contribution in [3.8, 4) is 0 Å². The number of amides is 1. The summed E-state index contributed by atoms with van der Waals surface area (Å²) >= 11 is 5.90. The number of rotatable bonds is 6. The van der Waals surface area contributed by atoms with Gasteiger partial charge in [-0.2, -0.15) is 13.2 Å². The van der Waals surface area contributed by atoms with Crippen molar-refractivity contribution in [1.29, 1.82) is 0 Å². The van der Waals surface area contributed by atoms with Crippen LogP contribution in [0.1, 0.15) is 36.5 Å². The zero-order valence-corrected chi connectivity index (χ0v) is 16.5. The predicted molar refractivity (Wildman–Crippen MR) is 105 cm³/mol. The Morgan fingerprint density at radius 2 is 1.97 bits per heavy atom. The molecular weight excluding hydrogens is 405 g/mol. The van der Waals surface area contributed by atoms with Crippen LogP contribution in [0.4, 0.5) is 13.2 Å². The first-order valence-corrected chi connectivity index (χ1v) is 9.56. The van der Waals surface area contributed by atoms with Crippen LogP contribution in [-0.2, 0) is 22.4 Å². The van der Waals surface area contributed by atoms with Gasteiger partial charge in [-0.05, 0) is 35.4 Å². The summed E-state index contributed by atoms with van der Waals surface area (Å²) in [6.07, 6.45) is -4.04. The van der Waals surface area contributed by atoms with Gasteiger partial charge in [0.1, 0.15) is 0 Å². The van der Waals surface area contributed by atoms with Gasteiger partial charge >= 0.3 is 6.18 Å². The molecule has 1 unspecified atom stereocenters. The number of nitrogens with zero attached hydrogens (tertiary/aromatic N) is 2. The Labute approximate surface area is 171 Å². The van der Waals surface area contributed by atoms with E-state index < -0.39 is 11.7 Å². The Bertz CT molecular complexity index is 898. The van der Waals surface area contributed by atoms with E-state index >= 15 is 0 Å². The summed E-state index contributed by atoms with van der Waals surface area (Å²) < 4.78 is 38.9. The number of hydrogen-bond donors (Lipinski definition) is 0. The molecule has 0 spiro atoms.